The van der Waals surface area contributed by atoms with E-state index in [1.165, 1.54) is 0 Å². The van der Waals surface area contributed by atoms with Crippen LogP contribution in [-0.4, -0.2) is 25.8 Å². The predicted octanol–water partition coefficient (Wildman–Crippen LogP) is 4.06. The van der Waals surface area contributed by atoms with Gasteiger partial charge < -0.3 is 18.9 Å². The first-order chi connectivity index (χ1) is 11.1. The molecule has 0 bridgehead atoms. The second-order valence-electron chi connectivity index (χ2n) is 4.65. The minimum atomic E-state index is -0.467. The van der Waals surface area contributed by atoms with E-state index in [1.807, 2.05) is 39.8 Å². The average Bonchev–Trinajstić information content (AvgIpc) is 2.56. The van der Waals surface area contributed by atoms with Crippen molar-refractivity contribution in [2.45, 2.75) is 40.2 Å². The molecule has 1 unspecified atom stereocenters. The summed E-state index contributed by atoms with van der Waals surface area (Å²) >= 11 is 0. The normalized spacial score (nSPS) is 11.5. The monoisotopic (exact) mass is 322 g/mol. The molecule has 1 aromatic rings. The van der Waals surface area contributed by atoms with E-state index in [0.29, 0.717) is 43.5 Å². The van der Waals surface area contributed by atoms with E-state index in [0.717, 1.165) is 11.6 Å². The lowest BCUT2D eigenvalue weighted by atomic mass is 10.0. The zero-order chi connectivity index (χ0) is 17.2. The van der Waals surface area contributed by atoms with E-state index in [9.17, 15) is 4.79 Å². The van der Waals surface area contributed by atoms with Crippen molar-refractivity contribution in [1.29, 1.82) is 0 Å². The highest BCUT2D eigenvalue weighted by Gasteiger charge is 2.24. The number of ether oxygens (including phenoxy) is 4. The molecule has 0 fully saturated rings. The Bertz CT molecular complexity index is 524. The van der Waals surface area contributed by atoms with Gasteiger partial charge in [-0.1, -0.05) is 13.5 Å². The highest BCUT2D eigenvalue weighted by molar-refractivity contribution is 5.81. The standard InChI is InChI=1S/C18H26O5/c1-6-14(23-16(19)7-2)13-11-12-15(20-8-3)18(22-10-5)17(13)21-9-4/h7,11-12,14H,2,6,8-10H2,1,3-5H3. The van der Waals surface area contributed by atoms with Gasteiger partial charge in [-0.25, -0.2) is 4.79 Å². The number of hydrogen-bond acceptors (Lipinski definition) is 5. The van der Waals surface area contributed by atoms with Crippen LogP contribution in [0.5, 0.6) is 17.2 Å². The summed E-state index contributed by atoms with van der Waals surface area (Å²) in [5.41, 5.74) is 0.761. The van der Waals surface area contributed by atoms with Crippen LogP contribution in [0.15, 0.2) is 24.8 Å². The Hall–Kier alpha value is -2.17. The molecule has 1 rings (SSSR count). The molecule has 128 valence electrons. The number of carbonyl (C=O) groups excluding carboxylic acids is 1. The molecular weight excluding hydrogens is 296 g/mol. The molecule has 5 nitrogen and oxygen atoms in total. The van der Waals surface area contributed by atoms with Gasteiger partial charge in [0.2, 0.25) is 5.75 Å². The van der Waals surface area contributed by atoms with E-state index < -0.39 is 12.1 Å². The van der Waals surface area contributed by atoms with Gasteiger partial charge >= 0.3 is 5.97 Å². The van der Waals surface area contributed by atoms with Gasteiger partial charge in [-0.15, -0.1) is 0 Å². The Kier molecular flexibility index (Phi) is 8.02. The van der Waals surface area contributed by atoms with Crippen molar-refractivity contribution in [1.82, 2.24) is 0 Å². The fourth-order valence-corrected chi connectivity index (χ4v) is 2.21. The van der Waals surface area contributed by atoms with Gasteiger partial charge in [0.05, 0.1) is 19.8 Å². The molecule has 0 N–H and O–H groups in total. The van der Waals surface area contributed by atoms with Crippen molar-refractivity contribution in [2.24, 2.45) is 0 Å². The molecule has 5 heteroatoms. The Morgan fingerprint density at radius 2 is 1.65 bits per heavy atom. The lowest BCUT2D eigenvalue weighted by Crippen LogP contribution is -2.12. The minimum absolute atomic E-state index is 0.433. The van der Waals surface area contributed by atoms with E-state index >= 15 is 0 Å². The third-order valence-corrected chi connectivity index (χ3v) is 3.13. The van der Waals surface area contributed by atoms with Gasteiger partial charge in [-0.2, -0.15) is 0 Å². The van der Waals surface area contributed by atoms with E-state index in [1.54, 1.807) is 0 Å². The zero-order valence-electron chi connectivity index (χ0n) is 14.4. The molecule has 0 spiro atoms. The molecule has 0 aliphatic carbocycles. The van der Waals surface area contributed by atoms with Gasteiger partial charge in [0.1, 0.15) is 6.10 Å². The van der Waals surface area contributed by atoms with Crippen LogP contribution in [0, 0.1) is 0 Å². The van der Waals surface area contributed by atoms with Crippen molar-refractivity contribution >= 4 is 5.97 Å². The van der Waals surface area contributed by atoms with Crippen LogP contribution in [0.4, 0.5) is 0 Å². The van der Waals surface area contributed by atoms with Crippen molar-refractivity contribution in [3.8, 4) is 17.2 Å². The number of carbonyl (C=O) groups is 1. The fraction of sp³-hybridized carbons (Fsp3) is 0.500. The van der Waals surface area contributed by atoms with Gasteiger partial charge in [-0.3, -0.25) is 0 Å². The predicted molar refractivity (Wildman–Crippen MR) is 89.3 cm³/mol. The summed E-state index contributed by atoms with van der Waals surface area (Å²) in [4.78, 5) is 11.6. The SMILES string of the molecule is C=CC(=O)OC(CC)c1ccc(OCC)c(OCC)c1OCC. The summed E-state index contributed by atoms with van der Waals surface area (Å²) in [6, 6.07) is 3.67. The van der Waals surface area contributed by atoms with Crippen LogP contribution in [0.3, 0.4) is 0 Å². The highest BCUT2D eigenvalue weighted by Crippen LogP contribution is 2.44. The molecule has 23 heavy (non-hydrogen) atoms. The molecule has 0 aliphatic heterocycles. The Morgan fingerprint density at radius 3 is 2.17 bits per heavy atom. The van der Waals surface area contributed by atoms with E-state index in [4.69, 9.17) is 18.9 Å². The Balaban J connectivity index is 3.35. The summed E-state index contributed by atoms with van der Waals surface area (Å²) in [5.74, 6) is 1.25. The van der Waals surface area contributed by atoms with Crippen LogP contribution >= 0.6 is 0 Å². The summed E-state index contributed by atoms with van der Waals surface area (Å²) in [7, 11) is 0. The summed E-state index contributed by atoms with van der Waals surface area (Å²) in [5, 5.41) is 0. The second-order valence-corrected chi connectivity index (χ2v) is 4.65. The topological polar surface area (TPSA) is 54.0 Å². The molecule has 1 aromatic carbocycles. The number of rotatable bonds is 10. The molecule has 0 aliphatic rings. The van der Waals surface area contributed by atoms with Gasteiger partial charge in [-0.05, 0) is 39.3 Å². The molecule has 1 atom stereocenters. The molecular formula is C18H26O5. The zero-order valence-corrected chi connectivity index (χ0v) is 14.4. The van der Waals surface area contributed by atoms with Crippen LogP contribution in [0.25, 0.3) is 0 Å². The second kappa shape index (κ2) is 9.77. The first-order valence-corrected chi connectivity index (χ1v) is 8.01. The lowest BCUT2D eigenvalue weighted by molar-refractivity contribution is -0.143. The van der Waals surface area contributed by atoms with Crippen molar-refractivity contribution in [3.63, 3.8) is 0 Å². The maximum Gasteiger partial charge on any atom is 0.330 e. The molecule has 0 heterocycles. The first-order valence-electron chi connectivity index (χ1n) is 8.01. The highest BCUT2D eigenvalue weighted by atomic mass is 16.6. The fourth-order valence-electron chi connectivity index (χ4n) is 2.21. The minimum Gasteiger partial charge on any atom is -0.490 e. The van der Waals surface area contributed by atoms with E-state index in [2.05, 4.69) is 6.58 Å². The Morgan fingerprint density at radius 1 is 1.04 bits per heavy atom. The number of esters is 1. The summed E-state index contributed by atoms with van der Waals surface area (Å²) in [6.45, 7) is 12.5. The van der Waals surface area contributed by atoms with Crippen molar-refractivity contribution in [2.75, 3.05) is 19.8 Å². The van der Waals surface area contributed by atoms with Crippen LogP contribution < -0.4 is 14.2 Å². The molecule has 0 radical (unpaired) electrons. The maximum atomic E-state index is 11.6. The smallest absolute Gasteiger partial charge is 0.330 e. The largest absolute Gasteiger partial charge is 0.490 e. The van der Waals surface area contributed by atoms with Crippen LogP contribution in [-0.2, 0) is 9.53 Å². The summed E-state index contributed by atoms with van der Waals surface area (Å²) in [6.07, 6.45) is 1.33. The van der Waals surface area contributed by atoms with E-state index in [-0.39, 0.29) is 0 Å². The van der Waals surface area contributed by atoms with Crippen molar-refractivity contribution in [3.05, 3.63) is 30.4 Å². The third-order valence-electron chi connectivity index (χ3n) is 3.13. The van der Waals surface area contributed by atoms with Crippen LogP contribution in [0.2, 0.25) is 0 Å². The molecule has 0 saturated carbocycles. The Labute approximate surface area is 138 Å². The third kappa shape index (κ3) is 4.91. The van der Waals surface area contributed by atoms with Crippen LogP contribution in [0.1, 0.15) is 45.8 Å². The first kappa shape index (κ1) is 18.9. The van der Waals surface area contributed by atoms with Gasteiger partial charge in [0.25, 0.3) is 0 Å². The number of hydrogen-bond donors (Lipinski definition) is 0. The van der Waals surface area contributed by atoms with Gasteiger partial charge in [0.15, 0.2) is 11.5 Å². The number of benzene rings is 1. The molecule has 0 saturated heterocycles. The average molecular weight is 322 g/mol. The lowest BCUT2D eigenvalue weighted by Gasteiger charge is -2.22. The maximum absolute atomic E-state index is 11.6. The summed E-state index contributed by atoms with van der Waals surface area (Å²) < 4.78 is 22.6. The van der Waals surface area contributed by atoms with Gasteiger partial charge in [0, 0.05) is 11.6 Å². The molecule has 0 amide bonds. The molecule has 0 aromatic heterocycles. The quantitative estimate of drug-likeness (QED) is 0.480. The van der Waals surface area contributed by atoms with Crippen molar-refractivity contribution < 1.29 is 23.7 Å².